The molecule has 3 aromatic rings. The number of nitro benzene ring substituents is 1. The van der Waals surface area contributed by atoms with E-state index in [1.54, 1.807) is 29.2 Å². The second-order valence-electron chi connectivity index (χ2n) is 9.27. The Kier molecular flexibility index (Phi) is 7.63. The van der Waals surface area contributed by atoms with Crippen molar-refractivity contribution in [3.8, 4) is 0 Å². The predicted octanol–water partition coefficient (Wildman–Crippen LogP) is 3.57. The molecule has 1 fully saturated rings. The molecular formula is C25H29N5O6S2. The Morgan fingerprint density at radius 2 is 1.16 bits per heavy atom. The Morgan fingerprint density at radius 1 is 0.737 bits per heavy atom. The highest BCUT2D eigenvalue weighted by atomic mass is 32.2. The molecule has 0 atom stereocenters. The fourth-order valence-corrected chi connectivity index (χ4v) is 6.18. The fourth-order valence-electron chi connectivity index (χ4n) is 4.03. The predicted molar refractivity (Wildman–Crippen MR) is 147 cm³/mol. The maximum absolute atomic E-state index is 13.2. The zero-order valence-electron chi connectivity index (χ0n) is 21.2. The molecule has 0 spiro atoms. The second kappa shape index (κ2) is 10.6. The van der Waals surface area contributed by atoms with Gasteiger partial charge in [-0.25, -0.2) is 16.8 Å². The number of nitro groups is 1. The molecule has 0 amide bonds. The number of piperazine rings is 1. The molecule has 0 saturated carbocycles. The lowest BCUT2D eigenvalue weighted by molar-refractivity contribution is -0.384. The van der Waals surface area contributed by atoms with Crippen LogP contribution in [0.2, 0.25) is 0 Å². The minimum Gasteiger partial charge on any atom is -0.363 e. The second-order valence-corrected chi connectivity index (χ2v) is 12.6. The van der Waals surface area contributed by atoms with Crippen LogP contribution in [0.15, 0.2) is 70.5 Å². The number of aryl methyl sites for hydroxylation is 2. The molecule has 0 radical (unpaired) electrons. The lowest BCUT2D eigenvalue weighted by Crippen LogP contribution is -2.44. The third-order valence-electron chi connectivity index (χ3n) is 6.31. The van der Waals surface area contributed by atoms with Crippen molar-refractivity contribution in [2.24, 2.45) is 0 Å². The molecule has 4 rings (SSSR count). The van der Waals surface area contributed by atoms with Crippen molar-refractivity contribution in [3.05, 3.63) is 81.9 Å². The van der Waals surface area contributed by atoms with Crippen LogP contribution in [0.4, 0.5) is 22.7 Å². The van der Waals surface area contributed by atoms with Gasteiger partial charge in [-0.1, -0.05) is 35.4 Å². The van der Waals surface area contributed by atoms with Crippen molar-refractivity contribution in [3.63, 3.8) is 0 Å². The van der Waals surface area contributed by atoms with Crippen LogP contribution in [0.5, 0.6) is 0 Å². The van der Waals surface area contributed by atoms with Crippen molar-refractivity contribution >= 4 is 42.8 Å². The van der Waals surface area contributed by atoms with E-state index < -0.39 is 25.0 Å². The highest BCUT2D eigenvalue weighted by Crippen LogP contribution is 2.39. The van der Waals surface area contributed by atoms with Crippen molar-refractivity contribution < 1.29 is 21.8 Å². The first-order valence-corrected chi connectivity index (χ1v) is 14.8. The van der Waals surface area contributed by atoms with Gasteiger partial charge in [-0.05, 0) is 51.2 Å². The number of sulfonamides is 2. The Labute approximate surface area is 222 Å². The van der Waals surface area contributed by atoms with Crippen molar-refractivity contribution in [1.82, 2.24) is 4.90 Å². The molecule has 1 heterocycles. The Balaban J connectivity index is 1.83. The van der Waals surface area contributed by atoms with E-state index in [2.05, 4.69) is 14.3 Å². The number of nitrogens with zero attached hydrogens (tertiary/aromatic N) is 3. The largest absolute Gasteiger partial charge is 0.363 e. The van der Waals surface area contributed by atoms with Crippen molar-refractivity contribution in [2.75, 3.05) is 47.6 Å². The van der Waals surface area contributed by atoms with Gasteiger partial charge in [0.2, 0.25) is 0 Å². The van der Waals surface area contributed by atoms with Gasteiger partial charge in [0.1, 0.15) is 5.69 Å². The summed E-state index contributed by atoms with van der Waals surface area (Å²) in [6.45, 7) is 5.90. The Hall–Kier alpha value is -3.68. The molecule has 1 saturated heterocycles. The van der Waals surface area contributed by atoms with Gasteiger partial charge in [-0.2, -0.15) is 0 Å². The number of nitrogens with one attached hydrogen (secondary N) is 2. The number of anilines is 3. The van der Waals surface area contributed by atoms with Gasteiger partial charge in [-0.15, -0.1) is 0 Å². The number of hydrogen-bond acceptors (Lipinski definition) is 8. The van der Waals surface area contributed by atoms with Crippen LogP contribution in [0.1, 0.15) is 11.1 Å². The monoisotopic (exact) mass is 559 g/mol. The summed E-state index contributed by atoms with van der Waals surface area (Å²) in [5.74, 6) is 0. The minimum absolute atomic E-state index is 0.0325. The molecule has 3 aromatic carbocycles. The van der Waals surface area contributed by atoms with Crippen LogP contribution in [-0.4, -0.2) is 59.9 Å². The van der Waals surface area contributed by atoms with E-state index in [-0.39, 0.29) is 32.5 Å². The van der Waals surface area contributed by atoms with Crippen LogP contribution < -0.4 is 14.3 Å². The van der Waals surface area contributed by atoms with Crippen LogP contribution in [0.25, 0.3) is 0 Å². The Morgan fingerprint density at radius 3 is 1.58 bits per heavy atom. The average molecular weight is 560 g/mol. The van der Waals surface area contributed by atoms with Gasteiger partial charge in [0.15, 0.2) is 0 Å². The topological polar surface area (TPSA) is 142 Å². The number of hydrogen-bond donors (Lipinski definition) is 2. The maximum Gasteiger partial charge on any atom is 0.294 e. The van der Waals surface area contributed by atoms with E-state index in [1.807, 2.05) is 20.9 Å². The van der Waals surface area contributed by atoms with E-state index >= 15 is 0 Å². The number of benzene rings is 3. The van der Waals surface area contributed by atoms with E-state index in [0.717, 1.165) is 17.2 Å². The smallest absolute Gasteiger partial charge is 0.294 e. The van der Waals surface area contributed by atoms with Gasteiger partial charge in [0.25, 0.3) is 25.7 Å². The summed E-state index contributed by atoms with van der Waals surface area (Å²) in [5.41, 5.74) is 1.19. The summed E-state index contributed by atoms with van der Waals surface area (Å²) >= 11 is 0. The standard InChI is InChI=1S/C25H29N5O6S2/c1-18-4-8-20(9-5-18)37(33,34)26-22-16-24(29-14-12-28(3)13-15-29)25(30(31)32)17-23(22)27-38(35,36)21-10-6-19(2)7-11-21/h4-11,16-17,26-27H,12-15H2,1-3H3. The minimum atomic E-state index is -4.19. The highest BCUT2D eigenvalue weighted by molar-refractivity contribution is 7.93. The number of rotatable bonds is 8. The van der Waals surface area contributed by atoms with Gasteiger partial charge < -0.3 is 9.80 Å². The summed E-state index contributed by atoms with van der Waals surface area (Å²) in [7, 11) is -6.40. The van der Waals surface area contributed by atoms with Crippen molar-refractivity contribution in [2.45, 2.75) is 23.6 Å². The van der Waals surface area contributed by atoms with Crippen LogP contribution in [-0.2, 0) is 20.0 Å². The summed E-state index contributed by atoms with van der Waals surface area (Å²) in [5, 5.41) is 12.1. The SMILES string of the molecule is Cc1ccc(S(=O)(=O)Nc2cc(N3CCN(C)CC3)c([N+](=O)[O-])cc2NS(=O)(=O)c2ccc(C)cc2)cc1. The quantitative estimate of drug-likeness (QED) is 0.315. The highest BCUT2D eigenvalue weighted by Gasteiger charge is 2.28. The average Bonchev–Trinajstić information content (AvgIpc) is 2.85. The van der Waals surface area contributed by atoms with Gasteiger partial charge in [0.05, 0.1) is 26.1 Å². The Bertz CT molecular complexity index is 1550. The molecule has 202 valence electrons. The summed E-state index contributed by atoms with van der Waals surface area (Å²) < 4.78 is 57.6. The third kappa shape index (κ3) is 6.06. The molecule has 1 aliphatic rings. The molecule has 11 nitrogen and oxygen atoms in total. The molecule has 0 aromatic heterocycles. The lowest BCUT2D eigenvalue weighted by atomic mass is 10.1. The normalized spacial score (nSPS) is 14.8. The van der Waals surface area contributed by atoms with Gasteiger partial charge >= 0.3 is 0 Å². The van der Waals surface area contributed by atoms with E-state index in [1.165, 1.54) is 30.3 Å². The van der Waals surface area contributed by atoms with Gasteiger partial charge in [-0.3, -0.25) is 19.6 Å². The van der Waals surface area contributed by atoms with Gasteiger partial charge in [0, 0.05) is 32.2 Å². The molecule has 1 aliphatic heterocycles. The molecule has 0 bridgehead atoms. The zero-order valence-corrected chi connectivity index (χ0v) is 22.8. The summed E-state index contributed by atoms with van der Waals surface area (Å²) in [6.07, 6.45) is 0. The maximum atomic E-state index is 13.2. The van der Waals surface area contributed by atoms with Crippen LogP contribution >= 0.6 is 0 Å². The molecule has 0 aliphatic carbocycles. The summed E-state index contributed by atoms with van der Waals surface area (Å²) in [4.78, 5) is 15.2. The lowest BCUT2D eigenvalue weighted by Gasteiger charge is -2.34. The van der Waals surface area contributed by atoms with E-state index in [9.17, 15) is 26.9 Å². The number of likely N-dealkylation sites (N-methyl/N-ethyl adjacent to an activating group) is 1. The first-order valence-electron chi connectivity index (χ1n) is 11.8. The molecular weight excluding hydrogens is 530 g/mol. The first kappa shape index (κ1) is 27.4. The molecule has 2 N–H and O–H groups in total. The zero-order chi connectivity index (χ0) is 27.7. The van der Waals surface area contributed by atoms with Crippen molar-refractivity contribution in [1.29, 1.82) is 0 Å². The fraction of sp³-hybridized carbons (Fsp3) is 0.280. The molecule has 13 heteroatoms. The van der Waals surface area contributed by atoms with E-state index in [0.29, 0.717) is 26.2 Å². The molecule has 38 heavy (non-hydrogen) atoms. The summed E-state index contributed by atoms with van der Waals surface area (Å²) in [6, 6.07) is 14.6. The van der Waals surface area contributed by atoms with Crippen LogP contribution in [0, 0.1) is 24.0 Å². The van der Waals surface area contributed by atoms with Crippen LogP contribution in [0.3, 0.4) is 0 Å². The first-order chi connectivity index (χ1) is 17.9. The molecule has 0 unspecified atom stereocenters. The van der Waals surface area contributed by atoms with E-state index in [4.69, 9.17) is 0 Å². The third-order valence-corrected chi connectivity index (χ3v) is 9.07.